The van der Waals surface area contributed by atoms with Crippen molar-refractivity contribution < 1.29 is 9.53 Å². The third kappa shape index (κ3) is 1.70. The fourth-order valence-corrected chi connectivity index (χ4v) is 1.31. The Hall–Kier alpha value is 0. The summed E-state index contributed by atoms with van der Waals surface area (Å²) in [6.07, 6.45) is -0.160. The predicted octanol–water partition coefficient (Wildman–Crippen LogP) is 0.874. The first kappa shape index (κ1) is 7.11. The maximum absolute atomic E-state index is 10.7. The van der Waals surface area contributed by atoms with Crippen LogP contribution in [0.25, 0.3) is 0 Å². The molecule has 0 aromatic rings. The van der Waals surface area contributed by atoms with Crippen molar-refractivity contribution in [1.82, 2.24) is 4.90 Å². The fraction of sp³-hybridized carbons (Fsp3) is 0.800. The quantitative estimate of drug-likeness (QED) is 0.530. The van der Waals surface area contributed by atoms with Gasteiger partial charge in [0.2, 0.25) is 0 Å². The highest BCUT2D eigenvalue weighted by atomic mass is 127. The van der Waals surface area contributed by atoms with Gasteiger partial charge in [0.05, 0.1) is 6.54 Å². The first-order valence-corrected chi connectivity index (χ1v) is 4.35. The fourth-order valence-electron chi connectivity index (χ4n) is 0.731. The molecule has 1 aliphatic heterocycles. The second-order valence-corrected chi connectivity index (χ2v) is 2.87. The summed E-state index contributed by atoms with van der Waals surface area (Å²) in [5, 5.41) is 0. The Kier molecular flexibility index (Phi) is 2.56. The van der Waals surface area contributed by atoms with Crippen LogP contribution in [0.4, 0.5) is 4.79 Å². The van der Waals surface area contributed by atoms with Gasteiger partial charge in [-0.25, -0.2) is 4.79 Å². The number of ether oxygens (including phenoxy) is 1. The molecule has 0 saturated carbocycles. The molecule has 0 atom stereocenters. The molecule has 1 aliphatic rings. The van der Waals surface area contributed by atoms with E-state index in [9.17, 15) is 4.79 Å². The Morgan fingerprint density at radius 1 is 1.78 bits per heavy atom. The zero-order valence-corrected chi connectivity index (χ0v) is 7.13. The highest BCUT2D eigenvalue weighted by molar-refractivity contribution is 14.1. The number of hydrogen-bond donors (Lipinski definition) is 0. The lowest BCUT2D eigenvalue weighted by molar-refractivity contribution is 0.160. The average Bonchev–Trinajstić information content (AvgIpc) is 2.18. The van der Waals surface area contributed by atoms with Crippen LogP contribution in [0.5, 0.6) is 0 Å². The molecule has 0 spiro atoms. The second kappa shape index (κ2) is 3.24. The molecule has 0 aromatic carbocycles. The molecule has 3 nitrogen and oxygen atoms in total. The van der Waals surface area contributed by atoms with Crippen molar-refractivity contribution in [1.29, 1.82) is 0 Å². The number of carbonyl (C=O) groups excluding carboxylic acids is 1. The number of cyclic esters (lactones) is 1. The Morgan fingerprint density at radius 3 is 3.00 bits per heavy atom. The Balaban J connectivity index is 2.31. The molecule has 1 amide bonds. The minimum atomic E-state index is -0.160. The van der Waals surface area contributed by atoms with E-state index in [-0.39, 0.29) is 6.09 Å². The van der Waals surface area contributed by atoms with Crippen LogP contribution in [0, 0.1) is 0 Å². The zero-order chi connectivity index (χ0) is 6.69. The lowest BCUT2D eigenvalue weighted by Crippen LogP contribution is -2.25. The minimum absolute atomic E-state index is 0.160. The van der Waals surface area contributed by atoms with E-state index < -0.39 is 0 Å². The van der Waals surface area contributed by atoms with Crippen LogP contribution in [-0.4, -0.2) is 35.1 Å². The summed E-state index contributed by atoms with van der Waals surface area (Å²) in [4.78, 5) is 12.4. The molecule has 1 heterocycles. The van der Waals surface area contributed by atoms with Gasteiger partial charge in [-0.05, 0) is 0 Å². The SMILES string of the molecule is O=C1OCCN1CCI. The summed E-state index contributed by atoms with van der Waals surface area (Å²) in [7, 11) is 0. The number of hydrogen-bond acceptors (Lipinski definition) is 2. The van der Waals surface area contributed by atoms with Gasteiger partial charge in [0.1, 0.15) is 6.61 Å². The van der Waals surface area contributed by atoms with Gasteiger partial charge >= 0.3 is 6.09 Å². The Bertz CT molecular complexity index is 118. The summed E-state index contributed by atoms with van der Waals surface area (Å²) >= 11 is 2.24. The number of alkyl halides is 1. The molecule has 0 radical (unpaired) electrons. The summed E-state index contributed by atoms with van der Waals surface area (Å²) in [5.41, 5.74) is 0. The van der Waals surface area contributed by atoms with E-state index in [0.29, 0.717) is 6.61 Å². The van der Waals surface area contributed by atoms with Gasteiger partial charge < -0.3 is 9.64 Å². The van der Waals surface area contributed by atoms with Crippen LogP contribution in [0.1, 0.15) is 0 Å². The topological polar surface area (TPSA) is 29.5 Å². The van der Waals surface area contributed by atoms with Gasteiger partial charge in [0, 0.05) is 11.0 Å². The van der Waals surface area contributed by atoms with E-state index in [1.807, 2.05) is 0 Å². The second-order valence-electron chi connectivity index (χ2n) is 1.79. The molecule has 1 fully saturated rings. The first-order valence-electron chi connectivity index (χ1n) is 2.82. The lowest BCUT2D eigenvalue weighted by atomic mass is 10.6. The predicted molar refractivity (Wildman–Crippen MR) is 41.8 cm³/mol. The van der Waals surface area contributed by atoms with Gasteiger partial charge in [-0.1, -0.05) is 22.6 Å². The molecule has 0 bridgehead atoms. The van der Waals surface area contributed by atoms with Crippen molar-refractivity contribution in [2.75, 3.05) is 24.1 Å². The van der Waals surface area contributed by atoms with Crippen molar-refractivity contribution in [2.45, 2.75) is 0 Å². The standard InChI is InChI=1S/C5H8INO2/c6-1-2-7-3-4-9-5(7)8/h1-4H2. The first-order chi connectivity index (χ1) is 4.34. The van der Waals surface area contributed by atoms with Gasteiger partial charge in [-0.2, -0.15) is 0 Å². The smallest absolute Gasteiger partial charge is 0.409 e. The van der Waals surface area contributed by atoms with Gasteiger partial charge in [0.15, 0.2) is 0 Å². The van der Waals surface area contributed by atoms with Crippen LogP contribution < -0.4 is 0 Å². The zero-order valence-electron chi connectivity index (χ0n) is 4.97. The van der Waals surface area contributed by atoms with E-state index in [1.54, 1.807) is 4.90 Å². The molecule has 9 heavy (non-hydrogen) atoms. The summed E-state index contributed by atoms with van der Waals surface area (Å²) < 4.78 is 5.68. The Morgan fingerprint density at radius 2 is 2.56 bits per heavy atom. The minimum Gasteiger partial charge on any atom is -0.448 e. The van der Waals surface area contributed by atoms with Crippen molar-refractivity contribution in [3.8, 4) is 0 Å². The molecule has 4 heteroatoms. The van der Waals surface area contributed by atoms with Crippen LogP contribution in [0.15, 0.2) is 0 Å². The maximum atomic E-state index is 10.7. The largest absolute Gasteiger partial charge is 0.448 e. The normalized spacial score (nSPS) is 18.3. The third-order valence-electron chi connectivity index (χ3n) is 1.20. The number of rotatable bonds is 2. The molecule has 0 N–H and O–H groups in total. The van der Waals surface area contributed by atoms with Crippen molar-refractivity contribution >= 4 is 28.7 Å². The van der Waals surface area contributed by atoms with E-state index in [4.69, 9.17) is 4.74 Å². The molecule has 0 unspecified atom stereocenters. The highest BCUT2D eigenvalue weighted by Crippen LogP contribution is 2.02. The number of halogens is 1. The van der Waals surface area contributed by atoms with Gasteiger partial charge in [0.25, 0.3) is 0 Å². The molecule has 1 rings (SSSR count). The number of carbonyl (C=O) groups is 1. The summed E-state index contributed by atoms with van der Waals surface area (Å²) in [5.74, 6) is 0. The van der Waals surface area contributed by atoms with E-state index in [0.717, 1.165) is 17.5 Å². The van der Waals surface area contributed by atoms with E-state index in [2.05, 4.69) is 22.6 Å². The summed E-state index contributed by atoms with van der Waals surface area (Å²) in [6.45, 7) is 2.15. The Labute approximate surface area is 67.5 Å². The average molecular weight is 241 g/mol. The number of amides is 1. The van der Waals surface area contributed by atoms with Crippen molar-refractivity contribution in [2.24, 2.45) is 0 Å². The van der Waals surface area contributed by atoms with Crippen LogP contribution in [0.2, 0.25) is 0 Å². The summed E-state index contributed by atoms with van der Waals surface area (Å²) in [6, 6.07) is 0. The van der Waals surface area contributed by atoms with Crippen molar-refractivity contribution in [3.63, 3.8) is 0 Å². The maximum Gasteiger partial charge on any atom is 0.409 e. The molecule has 0 aliphatic carbocycles. The van der Waals surface area contributed by atoms with E-state index in [1.165, 1.54) is 0 Å². The third-order valence-corrected chi connectivity index (χ3v) is 1.68. The molecule has 0 aromatic heterocycles. The van der Waals surface area contributed by atoms with E-state index >= 15 is 0 Å². The monoisotopic (exact) mass is 241 g/mol. The molecule has 52 valence electrons. The molecular formula is C5H8INO2. The molecule has 1 saturated heterocycles. The number of nitrogens with zero attached hydrogens (tertiary/aromatic N) is 1. The highest BCUT2D eigenvalue weighted by Gasteiger charge is 2.19. The van der Waals surface area contributed by atoms with Gasteiger partial charge in [-0.15, -0.1) is 0 Å². The van der Waals surface area contributed by atoms with Crippen LogP contribution in [-0.2, 0) is 4.74 Å². The van der Waals surface area contributed by atoms with Crippen LogP contribution >= 0.6 is 22.6 Å². The lowest BCUT2D eigenvalue weighted by Gasteiger charge is -2.08. The van der Waals surface area contributed by atoms with Crippen LogP contribution in [0.3, 0.4) is 0 Å². The molecular weight excluding hydrogens is 233 g/mol. The van der Waals surface area contributed by atoms with Gasteiger partial charge in [-0.3, -0.25) is 0 Å². The van der Waals surface area contributed by atoms with Crippen molar-refractivity contribution in [3.05, 3.63) is 0 Å².